The topological polar surface area (TPSA) is 89.1 Å². The van der Waals surface area contributed by atoms with Crippen molar-refractivity contribution in [2.24, 2.45) is 11.8 Å². The number of carbonyl (C=O) groups excluding carboxylic acids is 3. The molecule has 3 saturated heterocycles. The first-order chi connectivity index (χ1) is 15.0. The molecule has 1 aliphatic carbocycles. The summed E-state index contributed by atoms with van der Waals surface area (Å²) in [6.07, 6.45) is 5.98. The van der Waals surface area contributed by atoms with E-state index in [1.807, 2.05) is 17.0 Å². The predicted molar refractivity (Wildman–Crippen MR) is 113 cm³/mol. The lowest BCUT2D eigenvalue weighted by atomic mass is 9.85. The number of fused-ring (bicyclic) bond motifs is 1. The first kappa shape index (κ1) is 20.4. The molecule has 1 aromatic heterocycles. The van der Waals surface area contributed by atoms with Crippen molar-refractivity contribution in [2.45, 2.75) is 38.0 Å². The second-order valence-electron chi connectivity index (χ2n) is 9.10. The first-order valence-electron chi connectivity index (χ1n) is 11.3. The van der Waals surface area contributed by atoms with Gasteiger partial charge in [-0.25, -0.2) is 4.79 Å². The molecule has 3 aliphatic heterocycles. The van der Waals surface area contributed by atoms with Crippen LogP contribution in [0.15, 0.2) is 24.5 Å². The molecule has 0 bridgehead atoms. The highest BCUT2D eigenvalue weighted by Crippen LogP contribution is 2.34. The highest BCUT2D eigenvalue weighted by atomic mass is 16.2. The Morgan fingerprint density at radius 1 is 1.16 bits per heavy atom. The quantitative estimate of drug-likeness (QED) is 0.747. The van der Waals surface area contributed by atoms with E-state index in [-0.39, 0.29) is 42.5 Å². The molecular weight excluding hydrogens is 396 g/mol. The number of carbonyl (C=O) groups is 3. The maximum atomic E-state index is 13.6. The highest BCUT2D eigenvalue weighted by Gasteiger charge is 2.51. The number of hydrogen-bond acceptors (Lipinski definition) is 6. The Balaban J connectivity index is 1.32. The lowest BCUT2D eigenvalue weighted by molar-refractivity contribution is -0.147. The molecule has 166 valence electrons. The molecule has 1 saturated carbocycles. The Labute approximate surface area is 182 Å². The number of pyridine rings is 1. The van der Waals surface area contributed by atoms with Gasteiger partial charge in [0.2, 0.25) is 11.8 Å². The smallest absolute Gasteiger partial charge is 0.328 e. The predicted octanol–water partition coefficient (Wildman–Crippen LogP) is 0.334. The first-order valence-corrected chi connectivity index (χ1v) is 11.3. The number of nitrogens with one attached hydrogen (secondary N) is 1. The van der Waals surface area contributed by atoms with Crippen molar-refractivity contribution in [2.75, 3.05) is 39.8 Å². The molecule has 4 aliphatic rings. The number of nitrogens with zero attached hydrogens (tertiary/aromatic N) is 5. The molecular formula is C22H30N6O3. The van der Waals surface area contributed by atoms with Crippen molar-refractivity contribution in [1.29, 1.82) is 0 Å². The van der Waals surface area contributed by atoms with Gasteiger partial charge in [-0.15, -0.1) is 0 Å². The minimum absolute atomic E-state index is 0.0591. The summed E-state index contributed by atoms with van der Waals surface area (Å²) in [6, 6.07) is 3.48. The van der Waals surface area contributed by atoms with Gasteiger partial charge >= 0.3 is 6.03 Å². The molecule has 3 unspecified atom stereocenters. The van der Waals surface area contributed by atoms with Crippen LogP contribution in [-0.4, -0.2) is 94.4 Å². The fraction of sp³-hybridized carbons (Fsp3) is 0.636. The van der Waals surface area contributed by atoms with Crippen LogP contribution in [0.5, 0.6) is 0 Å². The summed E-state index contributed by atoms with van der Waals surface area (Å²) in [5, 5.41) is 3.39. The molecule has 0 aromatic carbocycles. The Morgan fingerprint density at radius 2 is 1.94 bits per heavy atom. The van der Waals surface area contributed by atoms with Crippen molar-refractivity contribution in [1.82, 2.24) is 29.9 Å². The molecule has 31 heavy (non-hydrogen) atoms. The van der Waals surface area contributed by atoms with Crippen LogP contribution in [0.4, 0.5) is 4.79 Å². The van der Waals surface area contributed by atoms with Gasteiger partial charge in [0.25, 0.3) is 0 Å². The highest BCUT2D eigenvalue weighted by molar-refractivity contribution is 5.99. The van der Waals surface area contributed by atoms with Gasteiger partial charge < -0.3 is 9.80 Å². The van der Waals surface area contributed by atoms with Crippen LogP contribution in [-0.2, 0) is 16.1 Å². The fourth-order valence-corrected chi connectivity index (χ4v) is 5.25. The maximum Gasteiger partial charge on any atom is 0.328 e. The molecule has 0 spiro atoms. The average Bonchev–Trinajstić information content (AvgIpc) is 3.66. The van der Waals surface area contributed by atoms with Gasteiger partial charge in [-0.05, 0) is 37.4 Å². The van der Waals surface area contributed by atoms with Gasteiger partial charge in [0.15, 0.2) is 0 Å². The molecule has 1 aromatic rings. The fourth-order valence-electron chi connectivity index (χ4n) is 5.25. The van der Waals surface area contributed by atoms with Crippen LogP contribution in [0, 0.1) is 11.8 Å². The van der Waals surface area contributed by atoms with Crippen molar-refractivity contribution < 1.29 is 14.4 Å². The van der Waals surface area contributed by atoms with E-state index < -0.39 is 0 Å². The van der Waals surface area contributed by atoms with E-state index >= 15 is 0 Å². The molecule has 3 atom stereocenters. The van der Waals surface area contributed by atoms with Gasteiger partial charge in [-0.1, -0.05) is 6.07 Å². The largest absolute Gasteiger partial charge is 0.340 e. The number of piperidine rings is 1. The minimum Gasteiger partial charge on any atom is -0.340 e. The van der Waals surface area contributed by atoms with E-state index in [1.165, 1.54) is 4.90 Å². The zero-order chi connectivity index (χ0) is 21.5. The van der Waals surface area contributed by atoms with Crippen LogP contribution in [0.25, 0.3) is 0 Å². The van der Waals surface area contributed by atoms with Gasteiger partial charge in [0.1, 0.15) is 0 Å². The zero-order valence-corrected chi connectivity index (χ0v) is 17.9. The maximum absolute atomic E-state index is 13.6. The Morgan fingerprint density at radius 3 is 2.61 bits per heavy atom. The van der Waals surface area contributed by atoms with Crippen LogP contribution in [0.3, 0.4) is 0 Å². The van der Waals surface area contributed by atoms with E-state index in [4.69, 9.17) is 0 Å². The molecule has 0 radical (unpaired) electrons. The second kappa shape index (κ2) is 8.20. The third-order valence-corrected chi connectivity index (χ3v) is 7.13. The van der Waals surface area contributed by atoms with Crippen LogP contribution in [0.1, 0.15) is 24.8 Å². The zero-order valence-electron chi connectivity index (χ0n) is 17.9. The van der Waals surface area contributed by atoms with Crippen molar-refractivity contribution in [3.8, 4) is 0 Å². The van der Waals surface area contributed by atoms with Crippen LogP contribution >= 0.6 is 0 Å². The van der Waals surface area contributed by atoms with E-state index in [9.17, 15) is 14.4 Å². The van der Waals surface area contributed by atoms with E-state index in [0.29, 0.717) is 5.91 Å². The standard InChI is InChI=1S/C22H30N6O3/c1-25-19-18(21(30)28(22(25)31)14-15-3-2-7-23-13-15)17(6-8-24-19)26-9-11-27(12-10-26)20(29)16-4-5-16/h2-3,7,13,16-19,24H,4-6,8-12,14H2,1H3. The number of aromatic nitrogens is 1. The molecule has 1 N–H and O–H groups in total. The lowest BCUT2D eigenvalue weighted by Gasteiger charge is -2.52. The number of rotatable bonds is 4. The number of piperazine rings is 1. The van der Waals surface area contributed by atoms with Crippen molar-refractivity contribution in [3.05, 3.63) is 30.1 Å². The average molecular weight is 427 g/mol. The normalized spacial score (nSPS) is 29.8. The molecule has 4 amide bonds. The number of amides is 4. The summed E-state index contributed by atoms with van der Waals surface area (Å²) in [6.45, 7) is 3.99. The lowest BCUT2D eigenvalue weighted by Crippen LogP contribution is -2.71. The third kappa shape index (κ3) is 3.80. The van der Waals surface area contributed by atoms with Gasteiger partial charge in [-0.2, -0.15) is 0 Å². The molecule has 4 heterocycles. The summed E-state index contributed by atoms with van der Waals surface area (Å²) in [5.41, 5.74) is 0.837. The minimum atomic E-state index is -0.321. The third-order valence-electron chi connectivity index (χ3n) is 7.13. The molecule has 4 fully saturated rings. The van der Waals surface area contributed by atoms with Crippen LogP contribution in [0.2, 0.25) is 0 Å². The molecule has 5 rings (SSSR count). The molecule has 9 heteroatoms. The Hall–Kier alpha value is -2.52. The SMILES string of the molecule is CN1C(=O)N(Cc2cccnc2)C(=O)C2C(N3CCN(C(=O)C4CC4)CC3)CCNC21. The van der Waals surface area contributed by atoms with Crippen molar-refractivity contribution >= 4 is 17.8 Å². The van der Waals surface area contributed by atoms with E-state index in [1.54, 1.807) is 24.3 Å². The summed E-state index contributed by atoms with van der Waals surface area (Å²) in [4.78, 5) is 50.4. The van der Waals surface area contributed by atoms with Crippen molar-refractivity contribution in [3.63, 3.8) is 0 Å². The van der Waals surface area contributed by atoms with E-state index in [0.717, 1.165) is 57.5 Å². The number of imide groups is 1. The Bertz CT molecular complexity index is 852. The second-order valence-corrected chi connectivity index (χ2v) is 9.10. The summed E-state index contributed by atoms with van der Waals surface area (Å²) >= 11 is 0. The summed E-state index contributed by atoms with van der Waals surface area (Å²) < 4.78 is 0. The van der Waals surface area contributed by atoms with E-state index in [2.05, 4.69) is 15.2 Å². The number of hydrogen-bond donors (Lipinski definition) is 1. The monoisotopic (exact) mass is 426 g/mol. The number of urea groups is 1. The van der Waals surface area contributed by atoms with Gasteiger partial charge in [-0.3, -0.25) is 29.7 Å². The summed E-state index contributed by atoms with van der Waals surface area (Å²) in [7, 11) is 1.77. The van der Waals surface area contributed by atoms with Gasteiger partial charge in [0, 0.05) is 57.6 Å². The molecule has 9 nitrogen and oxygen atoms in total. The summed E-state index contributed by atoms with van der Waals surface area (Å²) in [5.74, 6) is 0.101. The van der Waals surface area contributed by atoms with Crippen LogP contribution < -0.4 is 5.32 Å². The van der Waals surface area contributed by atoms with Gasteiger partial charge in [0.05, 0.1) is 18.6 Å². The Kier molecular flexibility index (Phi) is 5.39.